The molecular formula is C14H22N4O. The molecule has 1 amide bonds. The van der Waals surface area contributed by atoms with Crippen LogP contribution in [-0.2, 0) is 11.3 Å². The Morgan fingerprint density at radius 2 is 2.21 bits per heavy atom. The van der Waals surface area contributed by atoms with E-state index in [2.05, 4.69) is 15.2 Å². The molecule has 0 atom stereocenters. The highest BCUT2D eigenvalue weighted by atomic mass is 16.2. The number of piperazine rings is 1. The van der Waals surface area contributed by atoms with Gasteiger partial charge >= 0.3 is 0 Å². The van der Waals surface area contributed by atoms with Gasteiger partial charge in [-0.1, -0.05) is 6.07 Å². The highest BCUT2D eigenvalue weighted by molar-refractivity contribution is 5.78. The maximum Gasteiger partial charge on any atom is 0.237 e. The largest absolute Gasteiger partial charge is 0.336 e. The molecule has 19 heavy (non-hydrogen) atoms. The maximum atomic E-state index is 12.3. The van der Waals surface area contributed by atoms with E-state index in [9.17, 15) is 4.79 Å². The van der Waals surface area contributed by atoms with E-state index in [1.54, 1.807) is 6.20 Å². The Kier molecular flexibility index (Phi) is 5.30. The van der Waals surface area contributed by atoms with Crippen LogP contribution in [0.3, 0.4) is 0 Å². The van der Waals surface area contributed by atoms with Crippen molar-refractivity contribution in [2.24, 2.45) is 0 Å². The number of hydrogen-bond acceptors (Lipinski definition) is 4. The van der Waals surface area contributed by atoms with Crippen LogP contribution in [-0.4, -0.2) is 60.0 Å². The first-order valence-electron chi connectivity index (χ1n) is 6.90. The average Bonchev–Trinajstić information content (AvgIpc) is 2.47. The first-order valence-corrected chi connectivity index (χ1v) is 6.90. The van der Waals surface area contributed by atoms with E-state index < -0.39 is 0 Å². The Morgan fingerprint density at radius 1 is 1.42 bits per heavy atom. The van der Waals surface area contributed by atoms with Crippen molar-refractivity contribution >= 4 is 5.91 Å². The molecular weight excluding hydrogens is 240 g/mol. The van der Waals surface area contributed by atoms with Crippen molar-refractivity contribution in [3.05, 3.63) is 30.1 Å². The molecule has 0 bridgehead atoms. The second kappa shape index (κ2) is 7.21. The summed E-state index contributed by atoms with van der Waals surface area (Å²) in [5.74, 6) is 0.190. The summed E-state index contributed by atoms with van der Waals surface area (Å²) >= 11 is 0. The van der Waals surface area contributed by atoms with Crippen LogP contribution in [0.25, 0.3) is 0 Å². The lowest BCUT2D eigenvalue weighted by atomic mass is 10.3. The lowest BCUT2D eigenvalue weighted by molar-refractivity contribution is -0.133. The van der Waals surface area contributed by atoms with E-state index in [1.165, 1.54) is 0 Å². The number of hydrogen-bond donors (Lipinski definition) is 1. The molecule has 1 fully saturated rings. The van der Waals surface area contributed by atoms with Crippen LogP contribution in [0.1, 0.15) is 12.6 Å². The van der Waals surface area contributed by atoms with Crippen LogP contribution in [0.4, 0.5) is 0 Å². The molecule has 1 N–H and O–H groups in total. The number of aromatic nitrogens is 1. The summed E-state index contributed by atoms with van der Waals surface area (Å²) in [6.07, 6.45) is 1.77. The van der Waals surface area contributed by atoms with Gasteiger partial charge in [0.2, 0.25) is 5.91 Å². The van der Waals surface area contributed by atoms with E-state index >= 15 is 0 Å². The van der Waals surface area contributed by atoms with Crippen LogP contribution >= 0.6 is 0 Å². The van der Waals surface area contributed by atoms with E-state index in [1.807, 2.05) is 30.0 Å². The number of likely N-dealkylation sites (N-methyl/N-ethyl adjacent to an activating group) is 1. The number of pyridine rings is 1. The molecule has 0 aromatic carbocycles. The summed E-state index contributed by atoms with van der Waals surface area (Å²) in [6.45, 7) is 7.70. The highest BCUT2D eigenvalue weighted by Gasteiger charge is 2.18. The molecule has 1 aliphatic heterocycles. The zero-order valence-corrected chi connectivity index (χ0v) is 11.5. The number of nitrogens with one attached hydrogen (secondary N) is 1. The van der Waals surface area contributed by atoms with E-state index in [-0.39, 0.29) is 5.91 Å². The maximum absolute atomic E-state index is 12.3. The van der Waals surface area contributed by atoms with Gasteiger partial charge in [0.1, 0.15) is 0 Å². The van der Waals surface area contributed by atoms with Crippen molar-refractivity contribution in [2.45, 2.75) is 13.5 Å². The summed E-state index contributed by atoms with van der Waals surface area (Å²) in [4.78, 5) is 20.6. The minimum absolute atomic E-state index is 0.190. The Balaban J connectivity index is 1.87. The van der Waals surface area contributed by atoms with Gasteiger partial charge < -0.3 is 10.2 Å². The third kappa shape index (κ3) is 4.29. The fraction of sp³-hybridized carbons (Fsp3) is 0.571. The summed E-state index contributed by atoms with van der Waals surface area (Å²) in [6, 6.07) is 5.81. The van der Waals surface area contributed by atoms with Gasteiger partial charge in [-0.25, -0.2) is 0 Å². The second-order valence-electron chi connectivity index (χ2n) is 4.76. The molecule has 0 radical (unpaired) electrons. The molecule has 1 aromatic heterocycles. The fourth-order valence-electron chi connectivity index (χ4n) is 2.22. The van der Waals surface area contributed by atoms with Crippen molar-refractivity contribution in [3.8, 4) is 0 Å². The van der Waals surface area contributed by atoms with Gasteiger partial charge in [0.05, 0.1) is 18.8 Å². The zero-order valence-electron chi connectivity index (χ0n) is 11.5. The molecule has 1 saturated heterocycles. The topological polar surface area (TPSA) is 48.5 Å². The van der Waals surface area contributed by atoms with Crippen LogP contribution in [0.5, 0.6) is 0 Å². The highest BCUT2D eigenvalue weighted by Crippen LogP contribution is 2.03. The van der Waals surface area contributed by atoms with Crippen molar-refractivity contribution in [3.63, 3.8) is 0 Å². The fourth-order valence-corrected chi connectivity index (χ4v) is 2.22. The number of carbonyl (C=O) groups excluding carboxylic acids is 1. The van der Waals surface area contributed by atoms with Crippen LogP contribution in [0.15, 0.2) is 24.4 Å². The third-order valence-corrected chi connectivity index (χ3v) is 3.38. The molecule has 0 saturated carbocycles. The van der Waals surface area contributed by atoms with Crippen molar-refractivity contribution < 1.29 is 4.79 Å². The number of rotatable bonds is 5. The van der Waals surface area contributed by atoms with Gasteiger partial charge in [0.15, 0.2) is 0 Å². The lowest BCUT2D eigenvalue weighted by Gasteiger charge is -2.29. The smallest absolute Gasteiger partial charge is 0.237 e. The second-order valence-corrected chi connectivity index (χ2v) is 4.76. The van der Waals surface area contributed by atoms with E-state index in [0.29, 0.717) is 13.1 Å². The van der Waals surface area contributed by atoms with Gasteiger partial charge in [0, 0.05) is 38.9 Å². The zero-order chi connectivity index (χ0) is 13.5. The summed E-state index contributed by atoms with van der Waals surface area (Å²) in [5.41, 5.74) is 0.943. The molecule has 104 valence electrons. The molecule has 5 heteroatoms. The minimum atomic E-state index is 0.190. The standard InChI is InChI=1S/C14H22N4O/c1-2-18(11-13-5-3-4-6-16-13)14(19)12-17-9-7-15-8-10-17/h3-6,15H,2,7-12H2,1H3. The first kappa shape index (κ1) is 14.0. The summed E-state index contributed by atoms with van der Waals surface area (Å²) in [5, 5.41) is 3.29. The number of nitrogens with zero attached hydrogens (tertiary/aromatic N) is 3. The Labute approximate surface area is 114 Å². The predicted octanol–water partition coefficient (Wildman–Crippen LogP) is 0.335. The Morgan fingerprint density at radius 3 is 2.84 bits per heavy atom. The number of amides is 1. The minimum Gasteiger partial charge on any atom is -0.336 e. The Bertz CT molecular complexity index is 390. The van der Waals surface area contributed by atoms with Crippen molar-refractivity contribution in [1.82, 2.24) is 20.1 Å². The van der Waals surface area contributed by atoms with Crippen LogP contribution in [0, 0.1) is 0 Å². The summed E-state index contributed by atoms with van der Waals surface area (Å²) in [7, 11) is 0. The van der Waals surface area contributed by atoms with Crippen molar-refractivity contribution in [2.75, 3.05) is 39.3 Å². The molecule has 5 nitrogen and oxygen atoms in total. The molecule has 0 aliphatic carbocycles. The van der Waals surface area contributed by atoms with Crippen LogP contribution < -0.4 is 5.32 Å². The monoisotopic (exact) mass is 262 g/mol. The lowest BCUT2D eigenvalue weighted by Crippen LogP contribution is -2.48. The number of carbonyl (C=O) groups is 1. The normalized spacial score (nSPS) is 16.3. The van der Waals surface area contributed by atoms with Gasteiger partial charge in [-0.3, -0.25) is 14.7 Å². The molecule has 2 rings (SSSR count). The third-order valence-electron chi connectivity index (χ3n) is 3.38. The molecule has 1 aliphatic rings. The molecule has 1 aromatic rings. The molecule has 0 spiro atoms. The van der Waals surface area contributed by atoms with Crippen molar-refractivity contribution in [1.29, 1.82) is 0 Å². The predicted molar refractivity (Wildman–Crippen MR) is 74.6 cm³/mol. The van der Waals surface area contributed by atoms with E-state index in [0.717, 1.165) is 38.4 Å². The molecule has 0 unspecified atom stereocenters. The van der Waals surface area contributed by atoms with Gasteiger partial charge in [-0.2, -0.15) is 0 Å². The van der Waals surface area contributed by atoms with Gasteiger partial charge in [-0.15, -0.1) is 0 Å². The van der Waals surface area contributed by atoms with Gasteiger partial charge in [0.25, 0.3) is 0 Å². The quantitative estimate of drug-likeness (QED) is 0.831. The van der Waals surface area contributed by atoms with Crippen LogP contribution in [0.2, 0.25) is 0 Å². The summed E-state index contributed by atoms with van der Waals surface area (Å²) < 4.78 is 0. The average molecular weight is 262 g/mol. The Hall–Kier alpha value is -1.46. The first-order chi connectivity index (χ1) is 9.29. The molecule has 2 heterocycles. The van der Waals surface area contributed by atoms with Gasteiger partial charge in [-0.05, 0) is 19.1 Å². The SMILES string of the molecule is CCN(Cc1ccccn1)C(=O)CN1CCNCC1. The van der Waals surface area contributed by atoms with E-state index in [4.69, 9.17) is 0 Å².